The number of aliphatic hydroxyl groups is 7. The zero-order valence-corrected chi connectivity index (χ0v) is 22.3. The minimum Gasteiger partial charge on any atom is -0.459 e. The van der Waals surface area contributed by atoms with Crippen LogP contribution < -0.4 is 11.1 Å². The second-order valence-electron chi connectivity index (χ2n) is 10.6. The fraction of sp³-hybridized carbons (Fsp3) is 0.913. The van der Waals surface area contributed by atoms with Crippen molar-refractivity contribution in [1.29, 1.82) is 0 Å². The third-order valence-electron chi connectivity index (χ3n) is 7.70. The predicted molar refractivity (Wildman–Crippen MR) is 131 cm³/mol. The molecule has 0 unspecified atom stereocenters. The first-order valence-electron chi connectivity index (χ1n) is 13.0. The third kappa shape index (κ3) is 5.79. The van der Waals surface area contributed by atoms with E-state index < -0.39 is 117 Å². The van der Waals surface area contributed by atoms with Gasteiger partial charge in [-0.25, -0.2) is 4.99 Å². The molecule has 0 aromatic heterocycles. The first-order valence-corrected chi connectivity index (χ1v) is 13.0. The minimum atomic E-state index is -1.60. The molecule has 40 heavy (non-hydrogen) atoms. The van der Waals surface area contributed by atoms with Crippen molar-refractivity contribution in [1.82, 2.24) is 10.2 Å². The third-order valence-corrected chi connectivity index (χ3v) is 7.70. The Bertz CT molecular complexity index is 912. The summed E-state index contributed by atoms with van der Waals surface area (Å²) in [5, 5.41) is 74.8. The molecule has 10 N–H and O–H groups in total. The van der Waals surface area contributed by atoms with Crippen LogP contribution in [0.25, 0.3) is 0 Å². The van der Waals surface area contributed by atoms with Crippen LogP contribution in [-0.2, 0) is 28.5 Å². The zero-order chi connectivity index (χ0) is 29.5. The summed E-state index contributed by atoms with van der Waals surface area (Å²) >= 11 is 0. The van der Waals surface area contributed by atoms with Crippen LogP contribution in [0, 0.1) is 5.92 Å². The number of nitrogens with one attached hydrogen (secondary N) is 1. The van der Waals surface area contributed by atoms with Gasteiger partial charge in [-0.1, -0.05) is 0 Å². The highest BCUT2D eigenvalue weighted by Crippen LogP contribution is 2.39. The number of carbonyl (C=O) groups is 1. The average Bonchev–Trinajstić information content (AvgIpc) is 3.45. The van der Waals surface area contributed by atoms with Crippen molar-refractivity contribution in [2.75, 3.05) is 33.9 Å². The highest BCUT2D eigenvalue weighted by molar-refractivity contribution is 5.75. The van der Waals surface area contributed by atoms with Crippen LogP contribution >= 0.6 is 0 Å². The Morgan fingerprint density at radius 3 is 2.12 bits per heavy atom. The maximum atomic E-state index is 12.1. The van der Waals surface area contributed by atoms with Gasteiger partial charge in [-0.15, -0.1) is 0 Å². The van der Waals surface area contributed by atoms with E-state index in [9.17, 15) is 40.5 Å². The smallest absolute Gasteiger partial charge is 0.287 e. The molecule has 17 heteroatoms. The number of ether oxygens (including phenoxy) is 5. The Balaban J connectivity index is 1.54. The van der Waals surface area contributed by atoms with E-state index in [2.05, 4.69) is 10.3 Å². The second kappa shape index (κ2) is 12.6. The normalized spacial score (nSPS) is 46.9. The Morgan fingerprint density at radius 2 is 1.55 bits per heavy atom. The van der Waals surface area contributed by atoms with Crippen molar-refractivity contribution in [2.24, 2.45) is 16.6 Å². The number of rotatable bonds is 8. The van der Waals surface area contributed by atoms with E-state index >= 15 is 0 Å². The Kier molecular flexibility index (Phi) is 9.86. The first-order chi connectivity index (χ1) is 18.9. The summed E-state index contributed by atoms with van der Waals surface area (Å²) in [5.74, 6) is -1.32. The molecule has 0 spiro atoms. The van der Waals surface area contributed by atoms with E-state index in [0.29, 0.717) is 0 Å². The lowest BCUT2D eigenvalue weighted by Crippen LogP contribution is -2.69. The van der Waals surface area contributed by atoms with Gasteiger partial charge in [-0.05, 0) is 0 Å². The molecule has 15 atom stereocenters. The monoisotopic (exact) mass is 580 g/mol. The van der Waals surface area contributed by atoms with Crippen molar-refractivity contribution < 1.29 is 64.2 Å². The summed E-state index contributed by atoms with van der Waals surface area (Å²) in [6.45, 7) is -0.611. The molecule has 4 rings (SSSR count). The van der Waals surface area contributed by atoms with Crippen LogP contribution in [-0.4, -0.2) is 172 Å². The molecular formula is C23H40N4O13. The number of amidine groups is 1. The number of aliphatic imine (C=N–C) groups is 1. The summed E-state index contributed by atoms with van der Waals surface area (Å²) < 4.78 is 29.0. The molecule has 0 aromatic carbocycles. The molecule has 0 bridgehead atoms. The van der Waals surface area contributed by atoms with Gasteiger partial charge in [0, 0.05) is 21.0 Å². The van der Waals surface area contributed by atoms with Gasteiger partial charge in [-0.3, -0.25) is 4.79 Å². The number of hydrogen-bond donors (Lipinski definition) is 9. The van der Waals surface area contributed by atoms with Crippen molar-refractivity contribution in [2.45, 2.75) is 92.6 Å². The first kappa shape index (κ1) is 31.2. The van der Waals surface area contributed by atoms with Gasteiger partial charge >= 0.3 is 0 Å². The number of aliphatic hydroxyl groups excluding tert-OH is 7. The Hall–Kier alpha value is -1.74. The standard InChI is InChI=1S/C23H40N4O13/c1-7(31)25-13-17(35)20(39-21-11(24)15(33)14(32)9(5-29)36-21)10(6-30)37-22(13)38-19-8(4-28)18-12(16(19)34)26-23(40-18)27(2)3/h8-22,28-30,32-35H,4-6,24H2,1-3H3,(H,25,31)/t8-,9+,10+,11+,12+,13+,14+,15-,16+,17-,18-,19+,20+,21-,22-/m0/s1. The van der Waals surface area contributed by atoms with Crippen LogP contribution in [0.15, 0.2) is 4.99 Å². The largest absolute Gasteiger partial charge is 0.459 e. The van der Waals surface area contributed by atoms with Crippen LogP contribution in [0.2, 0.25) is 0 Å². The van der Waals surface area contributed by atoms with Crippen molar-refractivity contribution in [3.05, 3.63) is 0 Å². The van der Waals surface area contributed by atoms with Crippen LogP contribution in [0.3, 0.4) is 0 Å². The van der Waals surface area contributed by atoms with E-state index in [-0.39, 0.29) is 6.02 Å². The lowest BCUT2D eigenvalue weighted by Gasteiger charge is -2.48. The van der Waals surface area contributed by atoms with Crippen molar-refractivity contribution in [3.8, 4) is 0 Å². The fourth-order valence-corrected chi connectivity index (χ4v) is 5.55. The summed E-state index contributed by atoms with van der Waals surface area (Å²) in [4.78, 5) is 18.1. The number of nitrogens with two attached hydrogens (primary N) is 1. The molecule has 2 saturated heterocycles. The lowest BCUT2D eigenvalue weighted by atomic mass is 9.94. The number of carbonyl (C=O) groups excluding carboxylic acids is 1. The highest BCUT2D eigenvalue weighted by atomic mass is 16.7. The molecule has 1 amide bonds. The molecule has 3 heterocycles. The molecule has 3 aliphatic heterocycles. The quantitative estimate of drug-likeness (QED) is 0.129. The molecule has 3 fully saturated rings. The SMILES string of the molecule is CC(=O)N[C@H]1[C@H](O[C@H]2[C@H](O)[C@H]3N=C(N(C)C)O[C@H]3[C@@H]2CO)O[C@H](CO)[C@@H](O[C@@H]2O[C@H](CO)[C@@H](O)[C@@H](O)[C@H]2N)[C@H]1O. The van der Waals surface area contributed by atoms with Crippen LogP contribution in [0.4, 0.5) is 0 Å². The number of hydrogen-bond acceptors (Lipinski definition) is 16. The fourth-order valence-electron chi connectivity index (χ4n) is 5.55. The zero-order valence-electron chi connectivity index (χ0n) is 22.3. The highest BCUT2D eigenvalue weighted by Gasteiger charge is 2.58. The molecule has 230 valence electrons. The van der Waals surface area contributed by atoms with Gasteiger partial charge in [0.2, 0.25) is 5.91 Å². The number of fused-ring (bicyclic) bond motifs is 1. The minimum absolute atomic E-state index is 0.288. The topological polar surface area (TPSA) is 258 Å². The Morgan fingerprint density at radius 1 is 0.925 bits per heavy atom. The van der Waals surface area contributed by atoms with Crippen molar-refractivity contribution in [3.63, 3.8) is 0 Å². The maximum Gasteiger partial charge on any atom is 0.287 e. The predicted octanol–water partition coefficient (Wildman–Crippen LogP) is -6.23. The van der Waals surface area contributed by atoms with E-state index in [1.54, 1.807) is 19.0 Å². The summed E-state index contributed by atoms with van der Waals surface area (Å²) in [6, 6.07) is -3.06. The molecular weight excluding hydrogens is 540 g/mol. The lowest BCUT2D eigenvalue weighted by molar-refractivity contribution is -0.337. The van der Waals surface area contributed by atoms with Gasteiger partial charge in [0.1, 0.15) is 60.9 Å². The van der Waals surface area contributed by atoms with E-state index in [4.69, 9.17) is 29.4 Å². The summed E-state index contributed by atoms with van der Waals surface area (Å²) in [7, 11) is 3.43. The molecule has 1 saturated carbocycles. The van der Waals surface area contributed by atoms with E-state index in [0.717, 1.165) is 0 Å². The molecule has 4 aliphatic rings. The van der Waals surface area contributed by atoms with E-state index in [1.165, 1.54) is 6.92 Å². The van der Waals surface area contributed by atoms with Gasteiger partial charge in [0.15, 0.2) is 12.6 Å². The van der Waals surface area contributed by atoms with Gasteiger partial charge in [-0.2, -0.15) is 0 Å². The molecule has 17 nitrogen and oxygen atoms in total. The van der Waals surface area contributed by atoms with Gasteiger partial charge in [0.25, 0.3) is 6.02 Å². The average molecular weight is 581 g/mol. The molecule has 0 radical (unpaired) electrons. The number of amides is 1. The summed E-state index contributed by atoms with van der Waals surface area (Å²) in [5.41, 5.74) is 5.95. The number of nitrogens with zero attached hydrogens (tertiary/aromatic N) is 2. The second-order valence-corrected chi connectivity index (χ2v) is 10.6. The van der Waals surface area contributed by atoms with Crippen molar-refractivity contribution >= 4 is 11.9 Å². The Labute approximate surface area is 230 Å². The summed E-state index contributed by atoms with van der Waals surface area (Å²) in [6.07, 6.45) is -14.5. The van der Waals surface area contributed by atoms with E-state index in [1.807, 2.05) is 0 Å². The maximum absolute atomic E-state index is 12.1. The van der Waals surface area contributed by atoms with Gasteiger partial charge in [0.05, 0.1) is 37.9 Å². The van der Waals surface area contributed by atoms with Gasteiger partial charge < -0.3 is 75.4 Å². The molecule has 0 aromatic rings. The van der Waals surface area contributed by atoms with Crippen LogP contribution in [0.1, 0.15) is 6.92 Å². The molecule has 1 aliphatic carbocycles. The van der Waals surface area contributed by atoms with Crippen LogP contribution in [0.5, 0.6) is 0 Å².